The van der Waals surface area contributed by atoms with Crippen LogP contribution in [0.4, 0.5) is 5.69 Å². The average Bonchev–Trinajstić information content (AvgIpc) is 3.09. The molecule has 0 radical (unpaired) electrons. The summed E-state index contributed by atoms with van der Waals surface area (Å²) in [4.78, 5) is -6.32. The zero-order valence-corrected chi connectivity index (χ0v) is 25.4. The molecule has 1 aromatic rings. The van der Waals surface area contributed by atoms with Crippen molar-refractivity contribution >= 4 is 145 Å². The van der Waals surface area contributed by atoms with Crippen LogP contribution in [0.2, 0.25) is 0 Å². The Bertz CT molecular complexity index is 1060. The van der Waals surface area contributed by atoms with E-state index in [2.05, 4.69) is 0 Å². The number of nitrogen functional groups attached to an aromatic ring is 1. The molecular formula is C20H13Cl12NO. The van der Waals surface area contributed by atoms with E-state index < -0.39 is 73.3 Å². The fourth-order valence-corrected chi connectivity index (χ4v) is 14.5. The van der Waals surface area contributed by atoms with E-state index in [1.54, 1.807) is 6.07 Å². The lowest BCUT2D eigenvalue weighted by Crippen LogP contribution is -2.62. The van der Waals surface area contributed by atoms with E-state index >= 15 is 0 Å². The number of rotatable bonds is 0. The maximum absolute atomic E-state index is 10.6. The fourth-order valence-electron chi connectivity index (χ4n) is 7.61. The third-order valence-corrected chi connectivity index (χ3v) is 18.3. The van der Waals surface area contributed by atoms with Gasteiger partial charge in [-0.1, -0.05) is 46.4 Å². The van der Waals surface area contributed by atoms with Gasteiger partial charge in [0.05, 0.1) is 27.2 Å². The Morgan fingerprint density at radius 2 is 0.912 bits per heavy atom. The third kappa shape index (κ3) is 2.24. The highest BCUT2D eigenvalue weighted by atomic mass is 35.5. The van der Waals surface area contributed by atoms with E-state index in [-0.39, 0.29) is 11.4 Å². The molecule has 188 valence electrons. The third-order valence-electron chi connectivity index (χ3n) is 8.93. The molecule has 4 bridgehead atoms. The Kier molecular flexibility index (Phi) is 5.56. The molecule has 5 aliphatic carbocycles. The molecular weight excluding hydrogens is 696 g/mol. The Balaban J connectivity index is 1.76. The molecule has 14 heteroatoms. The summed E-state index contributed by atoms with van der Waals surface area (Å²) in [5.74, 6) is -3.12. The molecule has 0 amide bonds. The number of benzene rings is 1. The van der Waals surface area contributed by atoms with Gasteiger partial charge in [-0.25, -0.2) is 0 Å². The van der Waals surface area contributed by atoms with Crippen LogP contribution < -0.4 is 5.73 Å². The monoisotopic (exact) mass is 703 g/mol. The van der Waals surface area contributed by atoms with Crippen LogP contribution in [0.15, 0.2) is 12.1 Å². The maximum Gasteiger partial charge on any atom is 0.160 e. The van der Waals surface area contributed by atoms with Crippen molar-refractivity contribution in [3.8, 4) is 5.75 Å². The zero-order valence-electron chi connectivity index (χ0n) is 16.3. The number of fused-ring (bicyclic) bond motifs is 14. The number of hydrogen-bond acceptors (Lipinski definition) is 2. The van der Waals surface area contributed by atoms with E-state index in [9.17, 15) is 5.11 Å². The van der Waals surface area contributed by atoms with E-state index in [4.69, 9.17) is 145 Å². The van der Waals surface area contributed by atoms with E-state index in [1.807, 2.05) is 0 Å². The van der Waals surface area contributed by atoms with Crippen LogP contribution in [-0.2, 0) is 0 Å². The van der Waals surface area contributed by atoms with Crippen LogP contribution in [0.1, 0.15) is 23.0 Å². The second kappa shape index (κ2) is 7.13. The molecule has 3 N–H and O–H groups in total. The van der Waals surface area contributed by atoms with Crippen molar-refractivity contribution in [3.63, 3.8) is 0 Å². The largest absolute Gasteiger partial charge is 0.506 e. The summed E-state index contributed by atoms with van der Waals surface area (Å²) in [6.45, 7) is 0. The highest BCUT2D eigenvalue weighted by Gasteiger charge is 2.94. The SMILES string of the molecule is Nc1cc2c(cc1O)C1C(C3C2C2(Cl)C(Cl)C(Cl)C3(Cl)C2(Cl)Cl)C2(Cl)C(Cl)C(Cl)C1(Cl)C2(Cl)Cl. The predicted molar refractivity (Wildman–Crippen MR) is 147 cm³/mol. The number of alkyl halides is 12. The minimum absolute atomic E-state index is 0.0962. The zero-order chi connectivity index (χ0) is 25.3. The molecule has 34 heavy (non-hydrogen) atoms. The van der Waals surface area contributed by atoms with Gasteiger partial charge in [0.15, 0.2) is 8.67 Å². The Labute approximate surface area is 255 Å². The van der Waals surface area contributed by atoms with Gasteiger partial charge in [-0.2, -0.15) is 0 Å². The van der Waals surface area contributed by atoms with Crippen molar-refractivity contribution in [3.05, 3.63) is 23.3 Å². The first-order valence-corrected chi connectivity index (χ1v) is 14.9. The standard InChI is InChI=1S/C20H13Cl12NO/c21-11-13(23)17(27)9-7(15(11,25)19(17,29)30)3-1-5(33)6(34)2-4(3)8-10(9)18(28)14(24)12(22)16(8,26)20(18,31)32/h1-2,7-14,34H,33H2. The molecule has 2 nitrogen and oxygen atoms in total. The first kappa shape index (κ1) is 26.5. The van der Waals surface area contributed by atoms with Crippen molar-refractivity contribution in [1.82, 2.24) is 0 Å². The number of halogens is 12. The molecule has 12 unspecified atom stereocenters. The van der Waals surface area contributed by atoms with Crippen molar-refractivity contribution in [2.75, 3.05) is 5.73 Å². The van der Waals surface area contributed by atoms with Crippen LogP contribution in [0, 0.1) is 11.8 Å². The second-order valence-corrected chi connectivity index (χ2v) is 16.9. The molecule has 0 spiro atoms. The van der Waals surface area contributed by atoms with E-state index in [0.29, 0.717) is 11.1 Å². The number of aromatic hydroxyl groups is 1. The Hall–Kier alpha value is 2.30. The summed E-state index contributed by atoms with van der Waals surface area (Å²) in [6, 6.07) is 3.07. The summed E-state index contributed by atoms with van der Waals surface area (Å²) in [7, 11) is 0. The van der Waals surface area contributed by atoms with Gasteiger partial charge in [0, 0.05) is 11.8 Å². The van der Waals surface area contributed by atoms with Crippen LogP contribution in [0.3, 0.4) is 0 Å². The number of nitrogens with two attached hydrogens (primary N) is 1. The van der Waals surface area contributed by atoms with Gasteiger partial charge >= 0.3 is 0 Å². The molecule has 0 heterocycles. The summed E-state index contributed by atoms with van der Waals surface area (Å²) < 4.78 is -3.66. The highest BCUT2D eigenvalue weighted by Crippen LogP contribution is 2.87. The van der Waals surface area contributed by atoms with Gasteiger partial charge in [0.1, 0.15) is 25.2 Å². The first-order chi connectivity index (χ1) is 15.4. The second-order valence-electron chi connectivity index (χ2n) is 9.87. The summed E-state index contributed by atoms with van der Waals surface area (Å²) >= 11 is 84.1. The molecule has 4 saturated carbocycles. The maximum atomic E-state index is 10.6. The van der Waals surface area contributed by atoms with Gasteiger partial charge < -0.3 is 10.8 Å². The predicted octanol–water partition coefficient (Wildman–Crippen LogP) is 8.13. The van der Waals surface area contributed by atoms with Crippen molar-refractivity contribution in [2.24, 2.45) is 11.8 Å². The number of phenolic OH excluding ortho intramolecular Hbond substituents is 1. The van der Waals surface area contributed by atoms with Crippen LogP contribution in [0.5, 0.6) is 5.75 Å². The Morgan fingerprint density at radius 1 is 0.588 bits per heavy atom. The van der Waals surface area contributed by atoms with Crippen molar-refractivity contribution in [2.45, 2.75) is 61.5 Å². The number of hydrogen-bond donors (Lipinski definition) is 2. The van der Waals surface area contributed by atoms with Gasteiger partial charge in [-0.05, 0) is 35.1 Å². The van der Waals surface area contributed by atoms with E-state index in [0.717, 1.165) is 0 Å². The molecule has 1 aromatic carbocycles. The summed E-state index contributed by atoms with van der Waals surface area (Å²) in [5, 5.41) is 6.73. The highest BCUT2D eigenvalue weighted by molar-refractivity contribution is 6.64. The topological polar surface area (TPSA) is 46.2 Å². The molecule has 5 aliphatic rings. The summed E-state index contributed by atoms with van der Waals surface area (Å²) in [5.41, 5.74) is 7.32. The van der Waals surface area contributed by atoms with Crippen LogP contribution >= 0.6 is 139 Å². The van der Waals surface area contributed by atoms with Gasteiger partial charge in [-0.3, -0.25) is 0 Å². The average molecular weight is 709 g/mol. The van der Waals surface area contributed by atoms with Gasteiger partial charge in [0.2, 0.25) is 0 Å². The molecule has 0 aromatic heterocycles. The number of phenols is 1. The van der Waals surface area contributed by atoms with Crippen LogP contribution in [-0.4, -0.2) is 54.8 Å². The lowest BCUT2D eigenvalue weighted by molar-refractivity contribution is 0.140. The minimum atomic E-state index is -1.83. The molecule has 4 fully saturated rings. The molecule has 0 saturated heterocycles. The Morgan fingerprint density at radius 3 is 1.29 bits per heavy atom. The normalized spacial score (nSPS) is 57.4. The van der Waals surface area contributed by atoms with Crippen molar-refractivity contribution in [1.29, 1.82) is 0 Å². The van der Waals surface area contributed by atoms with Gasteiger partial charge in [-0.15, -0.1) is 92.8 Å². The molecule has 0 aliphatic heterocycles. The van der Waals surface area contributed by atoms with Crippen molar-refractivity contribution < 1.29 is 5.11 Å². The van der Waals surface area contributed by atoms with Crippen LogP contribution in [0.25, 0.3) is 0 Å². The minimum Gasteiger partial charge on any atom is -0.506 e. The smallest absolute Gasteiger partial charge is 0.160 e. The summed E-state index contributed by atoms with van der Waals surface area (Å²) in [6.07, 6.45) is 0. The first-order valence-electron chi connectivity index (χ1n) is 10.1. The lowest BCUT2D eigenvalue weighted by Gasteiger charge is -2.56. The number of anilines is 1. The van der Waals surface area contributed by atoms with Gasteiger partial charge in [0.25, 0.3) is 0 Å². The molecule has 6 rings (SSSR count). The molecule has 12 atom stereocenters. The lowest BCUT2D eigenvalue weighted by atomic mass is 9.55. The van der Waals surface area contributed by atoms with E-state index in [1.165, 1.54) is 6.07 Å². The fraction of sp³-hybridized carbons (Fsp3) is 0.700. The quantitative estimate of drug-likeness (QED) is 0.163.